The van der Waals surface area contributed by atoms with E-state index in [0.29, 0.717) is 5.92 Å². The van der Waals surface area contributed by atoms with E-state index in [1.807, 2.05) is 12.1 Å². The number of nitrogens with two attached hydrogens (primary N) is 1. The Morgan fingerprint density at radius 2 is 2.00 bits per heavy atom. The number of rotatable bonds is 4. The maximum atomic E-state index is 6.35. The largest absolute Gasteiger partial charge is 0.497 e. The summed E-state index contributed by atoms with van der Waals surface area (Å²) in [4.78, 5) is 0. The lowest BCUT2D eigenvalue weighted by Crippen LogP contribution is -2.34. The van der Waals surface area contributed by atoms with Crippen molar-refractivity contribution in [1.29, 1.82) is 0 Å². The predicted molar refractivity (Wildman–Crippen MR) is 77.9 cm³/mol. The monoisotopic (exact) mass is 263 g/mol. The molecule has 106 valence electrons. The molecule has 1 aliphatic rings. The average molecular weight is 263 g/mol. The lowest BCUT2D eigenvalue weighted by Gasteiger charge is -2.34. The van der Waals surface area contributed by atoms with Crippen LogP contribution in [0.25, 0.3) is 0 Å². The fourth-order valence-corrected chi connectivity index (χ4v) is 3.14. The minimum Gasteiger partial charge on any atom is -0.497 e. The van der Waals surface area contributed by atoms with E-state index >= 15 is 0 Å². The van der Waals surface area contributed by atoms with Gasteiger partial charge in [0.05, 0.1) is 14.2 Å². The summed E-state index contributed by atoms with van der Waals surface area (Å²) in [6, 6.07) is 6.23. The molecule has 3 atom stereocenters. The van der Waals surface area contributed by atoms with Gasteiger partial charge >= 0.3 is 0 Å². The zero-order valence-electron chi connectivity index (χ0n) is 12.2. The van der Waals surface area contributed by atoms with Crippen molar-refractivity contribution >= 4 is 0 Å². The molecule has 1 aromatic rings. The molecule has 19 heavy (non-hydrogen) atoms. The Morgan fingerprint density at radius 1 is 1.21 bits per heavy atom. The van der Waals surface area contributed by atoms with Crippen molar-refractivity contribution in [1.82, 2.24) is 0 Å². The van der Waals surface area contributed by atoms with Crippen molar-refractivity contribution in [3.8, 4) is 11.5 Å². The summed E-state index contributed by atoms with van der Waals surface area (Å²) in [5, 5.41) is 0. The highest BCUT2D eigenvalue weighted by Gasteiger charge is 2.30. The summed E-state index contributed by atoms with van der Waals surface area (Å²) in [5.41, 5.74) is 7.55. The molecule has 0 spiro atoms. The Kier molecular flexibility index (Phi) is 4.70. The number of ether oxygens (including phenoxy) is 2. The molecule has 3 unspecified atom stereocenters. The Bertz CT molecular complexity index is 419. The van der Waals surface area contributed by atoms with Gasteiger partial charge in [0.1, 0.15) is 11.5 Å². The third-order valence-electron chi connectivity index (χ3n) is 4.43. The SMILES string of the molecule is CCC1CCC(N)C(c2cc(OC)ccc2OC)C1. The Labute approximate surface area is 116 Å². The van der Waals surface area contributed by atoms with Crippen molar-refractivity contribution in [3.05, 3.63) is 23.8 Å². The van der Waals surface area contributed by atoms with E-state index in [2.05, 4.69) is 13.0 Å². The quantitative estimate of drug-likeness (QED) is 0.906. The molecule has 1 saturated carbocycles. The molecule has 1 fully saturated rings. The van der Waals surface area contributed by atoms with Gasteiger partial charge in [-0.25, -0.2) is 0 Å². The zero-order valence-corrected chi connectivity index (χ0v) is 12.2. The standard InChI is InChI=1S/C16H25NO2/c1-4-11-5-7-15(17)13(9-11)14-10-12(18-2)6-8-16(14)19-3/h6,8,10-11,13,15H,4-5,7,9,17H2,1-3H3. The van der Waals surface area contributed by atoms with E-state index in [0.717, 1.165) is 30.3 Å². The first-order valence-corrected chi connectivity index (χ1v) is 7.17. The van der Waals surface area contributed by atoms with E-state index < -0.39 is 0 Å². The highest BCUT2D eigenvalue weighted by Crippen LogP contribution is 2.41. The highest BCUT2D eigenvalue weighted by molar-refractivity contribution is 5.43. The summed E-state index contributed by atoms with van der Waals surface area (Å²) >= 11 is 0. The average Bonchev–Trinajstić information content (AvgIpc) is 2.47. The molecule has 0 aliphatic heterocycles. The second-order valence-electron chi connectivity index (χ2n) is 5.47. The van der Waals surface area contributed by atoms with Crippen LogP contribution in [0.1, 0.15) is 44.1 Å². The van der Waals surface area contributed by atoms with Crippen molar-refractivity contribution in [2.45, 2.75) is 44.6 Å². The van der Waals surface area contributed by atoms with Crippen molar-refractivity contribution < 1.29 is 9.47 Å². The van der Waals surface area contributed by atoms with Crippen LogP contribution in [0.15, 0.2) is 18.2 Å². The molecule has 0 radical (unpaired) electrons. The maximum absolute atomic E-state index is 6.35. The van der Waals surface area contributed by atoms with E-state index in [1.54, 1.807) is 14.2 Å². The van der Waals surface area contributed by atoms with Gasteiger partial charge in [-0.1, -0.05) is 13.3 Å². The van der Waals surface area contributed by atoms with Gasteiger partial charge in [-0.2, -0.15) is 0 Å². The number of benzene rings is 1. The second-order valence-corrected chi connectivity index (χ2v) is 5.47. The Morgan fingerprint density at radius 3 is 2.63 bits per heavy atom. The highest BCUT2D eigenvalue weighted by atomic mass is 16.5. The van der Waals surface area contributed by atoms with Gasteiger partial charge in [-0.3, -0.25) is 0 Å². The molecule has 1 aromatic carbocycles. The molecule has 3 nitrogen and oxygen atoms in total. The minimum atomic E-state index is 0.226. The first-order valence-electron chi connectivity index (χ1n) is 7.17. The Balaban J connectivity index is 2.31. The van der Waals surface area contributed by atoms with E-state index in [9.17, 15) is 0 Å². The second kappa shape index (κ2) is 6.29. The molecule has 0 aromatic heterocycles. The molecular weight excluding hydrogens is 238 g/mol. The van der Waals surface area contributed by atoms with Gasteiger partial charge in [0.2, 0.25) is 0 Å². The maximum Gasteiger partial charge on any atom is 0.122 e. The fraction of sp³-hybridized carbons (Fsp3) is 0.625. The summed E-state index contributed by atoms with van der Waals surface area (Å²) < 4.78 is 10.8. The topological polar surface area (TPSA) is 44.5 Å². The molecule has 0 saturated heterocycles. The molecule has 2 N–H and O–H groups in total. The van der Waals surface area contributed by atoms with Crippen LogP contribution >= 0.6 is 0 Å². The van der Waals surface area contributed by atoms with Gasteiger partial charge in [-0.05, 0) is 43.4 Å². The van der Waals surface area contributed by atoms with Crippen molar-refractivity contribution in [2.24, 2.45) is 11.7 Å². The van der Waals surface area contributed by atoms with Gasteiger partial charge in [0.15, 0.2) is 0 Å². The van der Waals surface area contributed by atoms with Gasteiger partial charge in [0.25, 0.3) is 0 Å². The van der Waals surface area contributed by atoms with Gasteiger partial charge < -0.3 is 15.2 Å². The van der Waals surface area contributed by atoms with Crippen LogP contribution in [0.2, 0.25) is 0 Å². The molecule has 1 aliphatic carbocycles. The predicted octanol–water partition coefficient (Wildman–Crippen LogP) is 3.32. The third-order valence-corrected chi connectivity index (χ3v) is 4.43. The van der Waals surface area contributed by atoms with Crippen molar-refractivity contribution in [2.75, 3.05) is 14.2 Å². The smallest absolute Gasteiger partial charge is 0.122 e. The lowest BCUT2D eigenvalue weighted by molar-refractivity contribution is 0.276. The van der Waals surface area contributed by atoms with Crippen LogP contribution in [0.4, 0.5) is 0 Å². The minimum absolute atomic E-state index is 0.226. The van der Waals surface area contributed by atoms with Gasteiger partial charge in [-0.15, -0.1) is 0 Å². The van der Waals surface area contributed by atoms with Crippen LogP contribution in [0.5, 0.6) is 11.5 Å². The number of hydrogen-bond acceptors (Lipinski definition) is 3. The van der Waals surface area contributed by atoms with Crippen LogP contribution in [0.3, 0.4) is 0 Å². The zero-order chi connectivity index (χ0) is 13.8. The van der Waals surface area contributed by atoms with E-state index in [4.69, 9.17) is 15.2 Å². The number of hydrogen-bond donors (Lipinski definition) is 1. The summed E-state index contributed by atoms with van der Waals surface area (Å²) in [5.74, 6) is 2.96. The summed E-state index contributed by atoms with van der Waals surface area (Å²) in [6.07, 6.45) is 4.74. The Hall–Kier alpha value is -1.22. The fourth-order valence-electron chi connectivity index (χ4n) is 3.14. The normalized spacial score (nSPS) is 27.1. The third kappa shape index (κ3) is 3.03. The summed E-state index contributed by atoms with van der Waals surface area (Å²) in [6.45, 7) is 2.27. The first-order chi connectivity index (χ1) is 9.19. The van der Waals surface area contributed by atoms with Crippen molar-refractivity contribution in [3.63, 3.8) is 0 Å². The van der Waals surface area contributed by atoms with Crippen LogP contribution in [0, 0.1) is 5.92 Å². The molecule has 0 bridgehead atoms. The number of methoxy groups -OCH3 is 2. The van der Waals surface area contributed by atoms with E-state index in [1.165, 1.54) is 18.4 Å². The lowest BCUT2D eigenvalue weighted by atomic mass is 9.74. The summed E-state index contributed by atoms with van der Waals surface area (Å²) in [7, 11) is 3.41. The van der Waals surface area contributed by atoms with Gasteiger partial charge in [0, 0.05) is 17.5 Å². The first kappa shape index (κ1) is 14.2. The van der Waals surface area contributed by atoms with Crippen LogP contribution in [-0.4, -0.2) is 20.3 Å². The molecule has 0 amide bonds. The van der Waals surface area contributed by atoms with Crippen LogP contribution in [-0.2, 0) is 0 Å². The molecule has 2 rings (SSSR count). The molecule has 3 heteroatoms. The molecule has 0 heterocycles. The van der Waals surface area contributed by atoms with Crippen LogP contribution < -0.4 is 15.2 Å². The molecular formula is C16H25NO2. The van der Waals surface area contributed by atoms with E-state index in [-0.39, 0.29) is 6.04 Å².